The van der Waals surface area contributed by atoms with Gasteiger partial charge in [0.2, 0.25) is 5.28 Å². The predicted molar refractivity (Wildman–Crippen MR) is 139 cm³/mol. The second kappa shape index (κ2) is 10.0. The van der Waals surface area contributed by atoms with Gasteiger partial charge in [-0.3, -0.25) is 0 Å². The van der Waals surface area contributed by atoms with Crippen LogP contribution < -0.4 is 10.1 Å². The van der Waals surface area contributed by atoms with E-state index in [4.69, 9.17) is 32.9 Å². The number of ether oxygens (including phenoxy) is 1. The highest BCUT2D eigenvalue weighted by Crippen LogP contribution is 2.38. The minimum absolute atomic E-state index is 0.0806. The summed E-state index contributed by atoms with van der Waals surface area (Å²) >= 11 is 12.5. The number of benzene rings is 2. The van der Waals surface area contributed by atoms with Crippen LogP contribution in [-0.4, -0.2) is 43.9 Å². The van der Waals surface area contributed by atoms with E-state index in [-0.39, 0.29) is 24.5 Å². The van der Waals surface area contributed by atoms with Crippen LogP contribution in [0, 0.1) is 12.8 Å². The van der Waals surface area contributed by atoms with Crippen LogP contribution in [0.15, 0.2) is 42.5 Å². The number of aryl methyl sites for hydroxylation is 1. The summed E-state index contributed by atoms with van der Waals surface area (Å²) in [6.45, 7) is 4.82. The first-order chi connectivity index (χ1) is 16.9. The lowest BCUT2D eigenvalue weighted by Gasteiger charge is -2.17. The number of rotatable bonds is 9. The molecule has 0 amide bonds. The monoisotopic (exact) mass is 511 g/mol. The van der Waals surface area contributed by atoms with Gasteiger partial charge in [0.1, 0.15) is 23.7 Å². The number of aliphatic hydroxyl groups excluding tert-OH is 1. The van der Waals surface area contributed by atoms with E-state index in [0.717, 1.165) is 22.2 Å². The number of aromatic nitrogens is 4. The van der Waals surface area contributed by atoms with Crippen LogP contribution in [0.5, 0.6) is 5.75 Å². The fourth-order valence-electron chi connectivity index (χ4n) is 4.27. The molecule has 1 unspecified atom stereocenters. The average Bonchev–Trinajstić information content (AvgIpc) is 3.62. The van der Waals surface area contributed by atoms with E-state index >= 15 is 0 Å². The smallest absolute Gasteiger partial charge is 0.226 e. The van der Waals surface area contributed by atoms with Crippen molar-refractivity contribution in [3.8, 4) is 17.1 Å². The lowest BCUT2D eigenvalue weighted by atomic mass is 10.1. The molecule has 1 fully saturated rings. The van der Waals surface area contributed by atoms with Crippen molar-refractivity contribution in [2.75, 3.05) is 18.5 Å². The molecule has 2 aromatic heterocycles. The SMILES string of the molecule is Cc1ccc(OCCO)c(-c2nc3nc(Cl)nc(NC(C)C4CC4)c3n2Cc2ccc(Cl)cc2)c1. The van der Waals surface area contributed by atoms with Crippen molar-refractivity contribution >= 4 is 40.2 Å². The number of nitrogens with zero attached hydrogens (tertiary/aromatic N) is 4. The molecule has 0 radical (unpaired) electrons. The summed E-state index contributed by atoms with van der Waals surface area (Å²) < 4.78 is 7.97. The predicted octanol–water partition coefficient (Wildman–Crippen LogP) is 5.74. The number of halogens is 2. The van der Waals surface area contributed by atoms with Crippen molar-refractivity contribution < 1.29 is 9.84 Å². The zero-order valence-electron chi connectivity index (χ0n) is 19.6. The molecule has 5 rings (SSSR count). The van der Waals surface area contributed by atoms with Gasteiger partial charge in [-0.15, -0.1) is 0 Å². The molecule has 7 nitrogen and oxygen atoms in total. The fourth-order valence-corrected chi connectivity index (χ4v) is 4.56. The van der Waals surface area contributed by atoms with E-state index < -0.39 is 0 Å². The Morgan fingerprint density at radius 1 is 1.11 bits per heavy atom. The van der Waals surface area contributed by atoms with Crippen LogP contribution in [0.1, 0.15) is 30.9 Å². The molecule has 35 heavy (non-hydrogen) atoms. The van der Waals surface area contributed by atoms with Gasteiger partial charge < -0.3 is 19.7 Å². The van der Waals surface area contributed by atoms with Crippen molar-refractivity contribution in [3.63, 3.8) is 0 Å². The molecule has 1 aliphatic carbocycles. The van der Waals surface area contributed by atoms with Gasteiger partial charge in [0.25, 0.3) is 0 Å². The van der Waals surface area contributed by atoms with Gasteiger partial charge in [0.05, 0.1) is 12.2 Å². The topological polar surface area (TPSA) is 85.1 Å². The van der Waals surface area contributed by atoms with E-state index in [0.29, 0.717) is 40.5 Å². The average molecular weight is 512 g/mol. The van der Waals surface area contributed by atoms with Gasteiger partial charge >= 0.3 is 0 Å². The third kappa shape index (κ3) is 5.22. The maximum atomic E-state index is 9.33. The zero-order valence-corrected chi connectivity index (χ0v) is 21.1. The lowest BCUT2D eigenvalue weighted by molar-refractivity contribution is 0.202. The highest BCUT2D eigenvalue weighted by molar-refractivity contribution is 6.30. The quantitative estimate of drug-likeness (QED) is 0.278. The number of anilines is 1. The van der Waals surface area contributed by atoms with Gasteiger partial charge in [0, 0.05) is 17.6 Å². The summed E-state index contributed by atoms with van der Waals surface area (Å²) in [6.07, 6.45) is 2.42. The summed E-state index contributed by atoms with van der Waals surface area (Å²) in [6, 6.07) is 13.9. The maximum absolute atomic E-state index is 9.33. The van der Waals surface area contributed by atoms with Gasteiger partial charge in [0.15, 0.2) is 11.5 Å². The fraction of sp³-hybridized carbons (Fsp3) is 0.346. The highest BCUT2D eigenvalue weighted by atomic mass is 35.5. The first-order valence-corrected chi connectivity index (χ1v) is 12.5. The Hall–Kier alpha value is -2.87. The van der Waals surface area contributed by atoms with E-state index in [1.165, 1.54) is 12.8 Å². The van der Waals surface area contributed by atoms with Crippen LogP contribution in [0.25, 0.3) is 22.6 Å². The molecule has 1 saturated carbocycles. The molecule has 2 aromatic carbocycles. The van der Waals surface area contributed by atoms with Crippen LogP contribution >= 0.6 is 23.2 Å². The molecule has 0 spiro atoms. The second-order valence-corrected chi connectivity index (χ2v) is 9.78. The summed E-state index contributed by atoms with van der Waals surface area (Å²) in [5.74, 6) is 2.61. The Balaban J connectivity index is 1.71. The number of hydrogen-bond donors (Lipinski definition) is 2. The van der Waals surface area contributed by atoms with E-state index in [9.17, 15) is 5.11 Å². The number of nitrogens with one attached hydrogen (secondary N) is 1. The van der Waals surface area contributed by atoms with Crippen molar-refractivity contribution in [2.24, 2.45) is 5.92 Å². The van der Waals surface area contributed by atoms with Crippen LogP contribution in [0.3, 0.4) is 0 Å². The van der Waals surface area contributed by atoms with E-state index in [1.54, 1.807) is 0 Å². The minimum atomic E-state index is -0.0806. The van der Waals surface area contributed by atoms with Crippen molar-refractivity contribution in [1.82, 2.24) is 19.5 Å². The van der Waals surface area contributed by atoms with E-state index in [2.05, 4.69) is 26.8 Å². The van der Waals surface area contributed by atoms with Gasteiger partial charge in [-0.1, -0.05) is 35.4 Å². The highest BCUT2D eigenvalue weighted by Gasteiger charge is 2.30. The van der Waals surface area contributed by atoms with Crippen LogP contribution in [0.2, 0.25) is 10.3 Å². The third-order valence-electron chi connectivity index (χ3n) is 6.25. The molecule has 182 valence electrons. The van der Waals surface area contributed by atoms with Crippen LogP contribution in [0.4, 0.5) is 5.82 Å². The molecule has 0 aliphatic heterocycles. The first-order valence-electron chi connectivity index (χ1n) is 11.7. The molecule has 4 aromatic rings. The standard InChI is InChI=1S/C26H27Cl2N5O2/c1-15-3-10-21(35-12-11-34)20(13-15)25-30-24-22(33(25)14-17-4-8-19(27)9-5-17)23(31-26(28)32-24)29-16(2)18-6-7-18/h3-5,8-10,13,16,18,34H,6-7,11-12,14H2,1-2H3,(H,29,31,32). The third-order valence-corrected chi connectivity index (χ3v) is 6.67. The Morgan fingerprint density at radius 2 is 1.89 bits per heavy atom. The first kappa shape index (κ1) is 23.9. The lowest BCUT2D eigenvalue weighted by Crippen LogP contribution is -2.19. The maximum Gasteiger partial charge on any atom is 0.226 e. The van der Waals surface area contributed by atoms with Gasteiger partial charge in [-0.2, -0.15) is 9.97 Å². The molecule has 1 aliphatic rings. The van der Waals surface area contributed by atoms with Gasteiger partial charge in [-0.05, 0) is 74.0 Å². The molecule has 2 heterocycles. The number of aliphatic hydroxyl groups is 1. The minimum Gasteiger partial charge on any atom is -0.490 e. The summed E-state index contributed by atoms with van der Waals surface area (Å²) in [7, 11) is 0. The molecule has 0 bridgehead atoms. The number of fused-ring (bicyclic) bond motifs is 1. The summed E-state index contributed by atoms with van der Waals surface area (Å²) in [5.41, 5.74) is 4.21. The van der Waals surface area contributed by atoms with Crippen molar-refractivity contribution in [3.05, 3.63) is 63.9 Å². The zero-order chi connectivity index (χ0) is 24.5. The summed E-state index contributed by atoms with van der Waals surface area (Å²) in [4.78, 5) is 13.9. The second-order valence-electron chi connectivity index (χ2n) is 9.00. The number of imidazole rings is 1. The molecule has 0 saturated heterocycles. The summed E-state index contributed by atoms with van der Waals surface area (Å²) in [5, 5.41) is 13.7. The largest absolute Gasteiger partial charge is 0.490 e. The molecule has 2 N–H and O–H groups in total. The van der Waals surface area contributed by atoms with Crippen molar-refractivity contribution in [2.45, 2.75) is 39.3 Å². The Bertz CT molecular complexity index is 1350. The molecular weight excluding hydrogens is 485 g/mol. The Kier molecular flexibility index (Phi) is 6.82. The molecule has 1 atom stereocenters. The van der Waals surface area contributed by atoms with E-state index in [1.807, 2.05) is 49.4 Å². The number of hydrogen-bond acceptors (Lipinski definition) is 6. The molecular formula is C26H27Cl2N5O2. The molecule has 9 heteroatoms. The normalized spacial score (nSPS) is 14.3. The van der Waals surface area contributed by atoms with Gasteiger partial charge in [-0.25, -0.2) is 4.98 Å². The van der Waals surface area contributed by atoms with Crippen LogP contribution in [-0.2, 0) is 6.54 Å². The Labute approximate surface area is 214 Å². The van der Waals surface area contributed by atoms with Crippen molar-refractivity contribution in [1.29, 1.82) is 0 Å². The Morgan fingerprint density at radius 3 is 2.60 bits per heavy atom.